The summed E-state index contributed by atoms with van der Waals surface area (Å²) in [7, 11) is 0. The van der Waals surface area contributed by atoms with Crippen molar-refractivity contribution in [3.63, 3.8) is 0 Å². The maximum atomic E-state index is 4.74. The lowest BCUT2D eigenvalue weighted by molar-refractivity contribution is 0.713. The lowest BCUT2D eigenvalue weighted by Crippen LogP contribution is -2.27. The fourth-order valence-corrected chi connectivity index (χ4v) is 2.14. The molecule has 1 fully saturated rings. The van der Waals surface area contributed by atoms with E-state index in [0.29, 0.717) is 5.92 Å². The van der Waals surface area contributed by atoms with Gasteiger partial charge >= 0.3 is 0 Å². The van der Waals surface area contributed by atoms with E-state index in [1.54, 1.807) is 0 Å². The van der Waals surface area contributed by atoms with Crippen LogP contribution >= 0.6 is 0 Å². The Balaban J connectivity index is 2.24. The minimum Gasteiger partial charge on any atom is -0.370 e. The third-order valence-electron chi connectivity index (χ3n) is 3.49. The molecule has 1 aliphatic carbocycles. The summed E-state index contributed by atoms with van der Waals surface area (Å²) in [4.78, 5) is 11.7. The monoisotopic (exact) mass is 262 g/mol. The van der Waals surface area contributed by atoms with Crippen molar-refractivity contribution >= 4 is 11.6 Å². The van der Waals surface area contributed by atoms with Gasteiger partial charge in [0.15, 0.2) is 0 Å². The molecule has 0 saturated heterocycles. The van der Waals surface area contributed by atoms with E-state index in [4.69, 9.17) is 4.98 Å². The molecule has 1 N–H and O–H groups in total. The summed E-state index contributed by atoms with van der Waals surface area (Å²) in [5.74, 6) is 4.19. The van der Waals surface area contributed by atoms with E-state index >= 15 is 0 Å². The quantitative estimate of drug-likeness (QED) is 0.819. The SMILES string of the molecule is CCNc1cc(N(CC)CC2CC2)nc(C(C)C)n1. The first-order valence-corrected chi connectivity index (χ1v) is 7.51. The van der Waals surface area contributed by atoms with Crippen molar-refractivity contribution in [1.82, 2.24) is 9.97 Å². The van der Waals surface area contributed by atoms with Gasteiger partial charge in [-0.1, -0.05) is 13.8 Å². The summed E-state index contributed by atoms with van der Waals surface area (Å²) >= 11 is 0. The molecule has 4 nitrogen and oxygen atoms in total. The van der Waals surface area contributed by atoms with E-state index in [9.17, 15) is 0 Å². The topological polar surface area (TPSA) is 41.0 Å². The first-order chi connectivity index (χ1) is 9.13. The van der Waals surface area contributed by atoms with Crippen molar-refractivity contribution < 1.29 is 0 Å². The van der Waals surface area contributed by atoms with Gasteiger partial charge in [-0.05, 0) is 32.6 Å². The molecule has 0 unspecified atom stereocenters. The van der Waals surface area contributed by atoms with Gasteiger partial charge in [0.1, 0.15) is 17.5 Å². The molecule has 0 aromatic carbocycles. The second-order valence-electron chi connectivity index (χ2n) is 5.64. The zero-order valence-corrected chi connectivity index (χ0v) is 12.6. The highest BCUT2D eigenvalue weighted by Gasteiger charge is 2.24. The minimum atomic E-state index is 0.358. The van der Waals surface area contributed by atoms with E-state index in [1.807, 2.05) is 0 Å². The fraction of sp³-hybridized carbons (Fsp3) is 0.733. The fourth-order valence-electron chi connectivity index (χ4n) is 2.14. The molecule has 0 amide bonds. The largest absolute Gasteiger partial charge is 0.370 e. The van der Waals surface area contributed by atoms with Crippen LogP contribution in [-0.4, -0.2) is 29.6 Å². The standard InChI is InChI=1S/C15H26N4/c1-5-16-13-9-14(18-15(17-13)11(3)4)19(6-2)10-12-7-8-12/h9,11-12H,5-8,10H2,1-4H3,(H,16,17,18). The molecule has 0 bridgehead atoms. The summed E-state index contributed by atoms with van der Waals surface area (Å²) in [5, 5.41) is 3.31. The highest BCUT2D eigenvalue weighted by Crippen LogP contribution is 2.31. The van der Waals surface area contributed by atoms with Gasteiger partial charge in [-0.2, -0.15) is 0 Å². The zero-order valence-electron chi connectivity index (χ0n) is 12.6. The molecule has 1 heterocycles. The molecular formula is C15H26N4. The number of nitrogens with one attached hydrogen (secondary N) is 1. The van der Waals surface area contributed by atoms with Crippen LogP contribution in [-0.2, 0) is 0 Å². The number of anilines is 2. The van der Waals surface area contributed by atoms with Gasteiger partial charge in [0.2, 0.25) is 0 Å². The Kier molecular flexibility index (Phi) is 4.61. The molecule has 0 radical (unpaired) electrons. The summed E-state index contributed by atoms with van der Waals surface area (Å²) in [6.07, 6.45) is 2.75. The van der Waals surface area contributed by atoms with Crippen LogP contribution in [0.4, 0.5) is 11.6 Å². The Morgan fingerprint density at radius 2 is 2.05 bits per heavy atom. The maximum Gasteiger partial charge on any atom is 0.135 e. The maximum absolute atomic E-state index is 4.74. The van der Waals surface area contributed by atoms with Crippen molar-refractivity contribution in [2.24, 2.45) is 5.92 Å². The Bertz CT molecular complexity index is 413. The third-order valence-corrected chi connectivity index (χ3v) is 3.49. The Labute approximate surface area is 116 Å². The molecule has 2 rings (SSSR count). The highest BCUT2D eigenvalue weighted by molar-refractivity contribution is 5.49. The lowest BCUT2D eigenvalue weighted by atomic mass is 10.2. The first-order valence-electron chi connectivity index (χ1n) is 7.51. The van der Waals surface area contributed by atoms with Crippen molar-refractivity contribution in [2.75, 3.05) is 29.9 Å². The molecule has 106 valence electrons. The number of hydrogen-bond donors (Lipinski definition) is 1. The summed E-state index contributed by atoms with van der Waals surface area (Å²) in [6, 6.07) is 2.08. The third kappa shape index (κ3) is 3.82. The van der Waals surface area contributed by atoms with E-state index in [-0.39, 0.29) is 0 Å². The predicted molar refractivity (Wildman–Crippen MR) is 80.9 cm³/mol. The average Bonchev–Trinajstić information content (AvgIpc) is 3.19. The van der Waals surface area contributed by atoms with Crippen molar-refractivity contribution in [1.29, 1.82) is 0 Å². The number of nitrogens with zero attached hydrogens (tertiary/aromatic N) is 3. The molecule has 0 spiro atoms. The zero-order chi connectivity index (χ0) is 13.8. The second-order valence-corrected chi connectivity index (χ2v) is 5.64. The smallest absolute Gasteiger partial charge is 0.135 e. The molecule has 19 heavy (non-hydrogen) atoms. The lowest BCUT2D eigenvalue weighted by Gasteiger charge is -2.23. The molecule has 1 aliphatic rings. The van der Waals surface area contributed by atoms with E-state index < -0.39 is 0 Å². The normalized spacial score (nSPS) is 14.8. The molecule has 0 atom stereocenters. The van der Waals surface area contributed by atoms with Crippen LogP contribution in [0.3, 0.4) is 0 Å². The van der Waals surface area contributed by atoms with Crippen LogP contribution in [0.15, 0.2) is 6.07 Å². The van der Waals surface area contributed by atoms with Crippen LogP contribution in [0.2, 0.25) is 0 Å². The predicted octanol–water partition coefficient (Wildman–Crippen LogP) is 3.27. The van der Waals surface area contributed by atoms with Crippen LogP contribution in [0.25, 0.3) is 0 Å². The molecule has 1 aromatic rings. The summed E-state index contributed by atoms with van der Waals surface area (Å²) in [6.45, 7) is 11.6. The average molecular weight is 262 g/mol. The van der Waals surface area contributed by atoms with Gasteiger partial charge in [-0.3, -0.25) is 0 Å². The van der Waals surface area contributed by atoms with Gasteiger partial charge < -0.3 is 10.2 Å². The van der Waals surface area contributed by atoms with Crippen LogP contribution in [0.1, 0.15) is 52.3 Å². The van der Waals surface area contributed by atoms with Crippen molar-refractivity contribution in [2.45, 2.75) is 46.5 Å². The van der Waals surface area contributed by atoms with Crippen LogP contribution in [0.5, 0.6) is 0 Å². The van der Waals surface area contributed by atoms with Gasteiger partial charge in [0, 0.05) is 31.6 Å². The first kappa shape index (κ1) is 14.1. The van der Waals surface area contributed by atoms with Gasteiger partial charge in [-0.15, -0.1) is 0 Å². The molecule has 1 saturated carbocycles. The summed E-state index contributed by atoms with van der Waals surface area (Å²) in [5.41, 5.74) is 0. The molecule has 4 heteroatoms. The molecule has 0 aliphatic heterocycles. The number of hydrogen-bond acceptors (Lipinski definition) is 4. The Morgan fingerprint density at radius 1 is 1.32 bits per heavy atom. The Hall–Kier alpha value is -1.32. The van der Waals surface area contributed by atoms with Crippen LogP contribution in [0, 0.1) is 5.92 Å². The summed E-state index contributed by atoms with van der Waals surface area (Å²) < 4.78 is 0. The van der Waals surface area contributed by atoms with E-state index in [0.717, 1.165) is 43.0 Å². The van der Waals surface area contributed by atoms with Crippen LogP contribution < -0.4 is 10.2 Å². The van der Waals surface area contributed by atoms with Gasteiger partial charge in [0.25, 0.3) is 0 Å². The van der Waals surface area contributed by atoms with E-state index in [1.165, 1.54) is 12.8 Å². The second kappa shape index (κ2) is 6.22. The highest BCUT2D eigenvalue weighted by atomic mass is 15.2. The van der Waals surface area contributed by atoms with Gasteiger partial charge in [0.05, 0.1) is 0 Å². The number of aromatic nitrogens is 2. The minimum absolute atomic E-state index is 0.358. The molecular weight excluding hydrogens is 236 g/mol. The Morgan fingerprint density at radius 3 is 2.58 bits per heavy atom. The van der Waals surface area contributed by atoms with Crippen molar-refractivity contribution in [3.8, 4) is 0 Å². The van der Waals surface area contributed by atoms with Gasteiger partial charge in [-0.25, -0.2) is 9.97 Å². The van der Waals surface area contributed by atoms with Crippen molar-refractivity contribution in [3.05, 3.63) is 11.9 Å². The molecule has 1 aromatic heterocycles. The number of rotatable bonds is 7. The van der Waals surface area contributed by atoms with E-state index in [2.05, 4.69) is 49.0 Å².